The first-order valence-corrected chi connectivity index (χ1v) is 4.47. The molecule has 0 unspecified atom stereocenters. The Morgan fingerprint density at radius 2 is 2.31 bits per heavy atom. The summed E-state index contributed by atoms with van der Waals surface area (Å²) in [6.07, 6.45) is 1.97. The van der Waals surface area contributed by atoms with Crippen LogP contribution in [0, 0.1) is 17.3 Å². The van der Waals surface area contributed by atoms with Crippen LogP contribution in [-0.2, 0) is 6.54 Å². The maximum absolute atomic E-state index is 12.7. The van der Waals surface area contributed by atoms with E-state index in [1.807, 2.05) is 6.19 Å². The predicted molar refractivity (Wildman–Crippen MR) is 51.2 cm³/mol. The second kappa shape index (κ2) is 4.24. The SMILES string of the molecule is CN(C#N)Cc1ccc(F)cc1Br. The molecular formula is C9H8BrFN2. The summed E-state index contributed by atoms with van der Waals surface area (Å²) in [4.78, 5) is 1.47. The van der Waals surface area contributed by atoms with E-state index in [1.54, 1.807) is 13.1 Å². The Bertz CT molecular complexity index is 346. The van der Waals surface area contributed by atoms with Crippen LogP contribution < -0.4 is 0 Å². The molecule has 0 saturated heterocycles. The van der Waals surface area contributed by atoms with E-state index in [2.05, 4.69) is 15.9 Å². The Morgan fingerprint density at radius 3 is 2.85 bits per heavy atom. The van der Waals surface area contributed by atoms with Gasteiger partial charge in [0, 0.05) is 11.5 Å². The van der Waals surface area contributed by atoms with E-state index in [9.17, 15) is 4.39 Å². The minimum atomic E-state index is -0.282. The van der Waals surface area contributed by atoms with Gasteiger partial charge in [-0.3, -0.25) is 0 Å². The van der Waals surface area contributed by atoms with Crippen molar-refractivity contribution in [3.8, 4) is 6.19 Å². The monoisotopic (exact) mass is 242 g/mol. The van der Waals surface area contributed by atoms with Crippen molar-refractivity contribution < 1.29 is 4.39 Å². The van der Waals surface area contributed by atoms with E-state index in [4.69, 9.17) is 5.26 Å². The zero-order chi connectivity index (χ0) is 9.84. The molecule has 0 aliphatic rings. The van der Waals surface area contributed by atoms with Gasteiger partial charge in [-0.2, -0.15) is 5.26 Å². The molecule has 0 aliphatic heterocycles. The molecule has 0 amide bonds. The highest BCUT2D eigenvalue weighted by atomic mass is 79.9. The van der Waals surface area contributed by atoms with Crippen molar-refractivity contribution in [1.82, 2.24) is 4.90 Å². The highest BCUT2D eigenvalue weighted by molar-refractivity contribution is 9.10. The van der Waals surface area contributed by atoms with Gasteiger partial charge in [0.2, 0.25) is 0 Å². The fourth-order valence-electron chi connectivity index (χ4n) is 0.941. The second-order valence-electron chi connectivity index (χ2n) is 2.69. The first-order chi connectivity index (χ1) is 6.13. The Kier molecular flexibility index (Phi) is 3.26. The van der Waals surface area contributed by atoms with Crippen LogP contribution in [0.5, 0.6) is 0 Å². The number of nitriles is 1. The van der Waals surface area contributed by atoms with Gasteiger partial charge in [-0.25, -0.2) is 4.39 Å². The van der Waals surface area contributed by atoms with Crippen LogP contribution >= 0.6 is 15.9 Å². The van der Waals surface area contributed by atoms with Crippen LogP contribution in [0.1, 0.15) is 5.56 Å². The van der Waals surface area contributed by atoms with Crippen LogP contribution in [0.3, 0.4) is 0 Å². The molecule has 1 aromatic rings. The standard InChI is InChI=1S/C9H8BrFN2/c1-13(6-12)5-7-2-3-8(11)4-9(7)10/h2-4H,5H2,1H3. The zero-order valence-corrected chi connectivity index (χ0v) is 8.68. The maximum Gasteiger partial charge on any atom is 0.179 e. The smallest absolute Gasteiger partial charge is 0.179 e. The predicted octanol–water partition coefficient (Wildman–Crippen LogP) is 2.50. The minimum absolute atomic E-state index is 0.282. The lowest BCUT2D eigenvalue weighted by atomic mass is 10.2. The van der Waals surface area contributed by atoms with Crippen LogP contribution in [0.15, 0.2) is 22.7 Å². The van der Waals surface area contributed by atoms with Gasteiger partial charge in [0.05, 0.1) is 6.54 Å². The molecule has 4 heteroatoms. The van der Waals surface area contributed by atoms with Gasteiger partial charge >= 0.3 is 0 Å². The summed E-state index contributed by atoms with van der Waals surface area (Å²) in [5, 5.41) is 8.53. The summed E-state index contributed by atoms with van der Waals surface area (Å²) in [6, 6.07) is 4.43. The molecule has 1 rings (SSSR count). The van der Waals surface area contributed by atoms with Crippen molar-refractivity contribution in [3.63, 3.8) is 0 Å². The molecule has 68 valence electrons. The lowest BCUT2D eigenvalue weighted by molar-refractivity contribution is 0.467. The molecule has 2 nitrogen and oxygen atoms in total. The van der Waals surface area contributed by atoms with Crippen LogP contribution in [0.25, 0.3) is 0 Å². The highest BCUT2D eigenvalue weighted by Crippen LogP contribution is 2.18. The number of hydrogen-bond acceptors (Lipinski definition) is 2. The van der Waals surface area contributed by atoms with Gasteiger partial charge in [0.1, 0.15) is 5.82 Å². The Balaban J connectivity index is 2.85. The molecule has 0 atom stereocenters. The summed E-state index contributed by atoms with van der Waals surface area (Å²) < 4.78 is 13.3. The van der Waals surface area contributed by atoms with Gasteiger partial charge in [0.25, 0.3) is 0 Å². The third-order valence-corrected chi connectivity index (χ3v) is 2.33. The normalized spacial score (nSPS) is 9.38. The number of rotatable bonds is 2. The van der Waals surface area contributed by atoms with Gasteiger partial charge < -0.3 is 4.90 Å². The lowest BCUT2D eigenvalue weighted by Gasteiger charge is -2.09. The molecule has 0 spiro atoms. The molecule has 0 heterocycles. The summed E-state index contributed by atoms with van der Waals surface area (Å²) in [5.41, 5.74) is 0.894. The average molecular weight is 243 g/mol. The molecule has 0 N–H and O–H groups in total. The van der Waals surface area contributed by atoms with E-state index in [1.165, 1.54) is 17.0 Å². The molecule has 0 saturated carbocycles. The molecule has 0 fully saturated rings. The Hall–Kier alpha value is -1.08. The highest BCUT2D eigenvalue weighted by Gasteiger charge is 2.03. The van der Waals surface area contributed by atoms with E-state index in [0.29, 0.717) is 11.0 Å². The third kappa shape index (κ3) is 2.71. The van der Waals surface area contributed by atoms with E-state index in [0.717, 1.165) is 5.56 Å². The number of benzene rings is 1. The van der Waals surface area contributed by atoms with Crippen molar-refractivity contribution in [2.75, 3.05) is 7.05 Å². The summed E-state index contributed by atoms with van der Waals surface area (Å²) in [7, 11) is 1.68. The van der Waals surface area contributed by atoms with Crippen molar-refractivity contribution in [2.24, 2.45) is 0 Å². The zero-order valence-electron chi connectivity index (χ0n) is 7.09. The number of halogens is 2. The number of hydrogen-bond donors (Lipinski definition) is 0. The van der Waals surface area contributed by atoms with Gasteiger partial charge in [-0.1, -0.05) is 22.0 Å². The van der Waals surface area contributed by atoms with Crippen LogP contribution in [0.2, 0.25) is 0 Å². The number of nitrogens with zero attached hydrogens (tertiary/aromatic N) is 2. The fourth-order valence-corrected chi connectivity index (χ4v) is 1.42. The first kappa shape index (κ1) is 10.0. The second-order valence-corrected chi connectivity index (χ2v) is 3.55. The van der Waals surface area contributed by atoms with Gasteiger partial charge in [-0.15, -0.1) is 0 Å². The molecular weight excluding hydrogens is 235 g/mol. The third-order valence-electron chi connectivity index (χ3n) is 1.59. The summed E-state index contributed by atoms with van der Waals surface area (Å²) in [6.45, 7) is 0.483. The Labute approximate surface area is 84.7 Å². The van der Waals surface area contributed by atoms with Crippen molar-refractivity contribution in [3.05, 3.63) is 34.1 Å². The van der Waals surface area contributed by atoms with Crippen LogP contribution in [0.4, 0.5) is 4.39 Å². The first-order valence-electron chi connectivity index (χ1n) is 3.68. The molecule has 0 radical (unpaired) electrons. The fraction of sp³-hybridized carbons (Fsp3) is 0.222. The van der Waals surface area contributed by atoms with Gasteiger partial charge in [-0.05, 0) is 17.7 Å². The van der Waals surface area contributed by atoms with E-state index in [-0.39, 0.29) is 5.82 Å². The lowest BCUT2D eigenvalue weighted by Crippen LogP contribution is -2.10. The maximum atomic E-state index is 12.7. The van der Waals surface area contributed by atoms with Crippen molar-refractivity contribution >= 4 is 15.9 Å². The quantitative estimate of drug-likeness (QED) is 0.589. The van der Waals surface area contributed by atoms with Crippen LogP contribution in [-0.4, -0.2) is 11.9 Å². The molecule has 1 aromatic carbocycles. The molecule has 0 aromatic heterocycles. The van der Waals surface area contributed by atoms with Gasteiger partial charge in [0.15, 0.2) is 6.19 Å². The summed E-state index contributed by atoms with van der Waals surface area (Å²) >= 11 is 3.23. The molecule has 13 heavy (non-hydrogen) atoms. The molecule has 0 bridgehead atoms. The topological polar surface area (TPSA) is 27.0 Å². The minimum Gasteiger partial charge on any atom is -0.309 e. The van der Waals surface area contributed by atoms with Crippen molar-refractivity contribution in [2.45, 2.75) is 6.54 Å². The largest absolute Gasteiger partial charge is 0.309 e. The van der Waals surface area contributed by atoms with Crippen molar-refractivity contribution in [1.29, 1.82) is 5.26 Å². The summed E-state index contributed by atoms with van der Waals surface area (Å²) in [5.74, 6) is -0.282. The Morgan fingerprint density at radius 1 is 1.62 bits per heavy atom. The molecule has 0 aliphatic carbocycles. The van der Waals surface area contributed by atoms with E-state index < -0.39 is 0 Å². The average Bonchev–Trinajstić information content (AvgIpc) is 2.09. The van der Waals surface area contributed by atoms with E-state index >= 15 is 0 Å².